The standard InChI is InChI=1S/C26H30N6O3/c1-5-21-26(35-20-11-9-10-18(16-20)28-22(33)6-2)31-25(23(30-21)24(27)34)29-17-12-14-19(15-13-17)32(7-3)8-4/h6,9-16H,2,5,7-8H2,1,3-4H3,(H2,27,34)(H,28,33)(H,29,31). The van der Waals surface area contributed by atoms with Crippen LogP contribution in [0.4, 0.5) is 22.9 Å². The van der Waals surface area contributed by atoms with Crippen LogP contribution < -0.4 is 26.0 Å². The lowest BCUT2D eigenvalue weighted by Crippen LogP contribution is -2.21. The van der Waals surface area contributed by atoms with Gasteiger partial charge in [-0.1, -0.05) is 19.6 Å². The van der Waals surface area contributed by atoms with Crippen LogP contribution in [0.3, 0.4) is 0 Å². The maximum absolute atomic E-state index is 12.1. The van der Waals surface area contributed by atoms with Crippen LogP contribution >= 0.6 is 0 Å². The molecule has 0 spiro atoms. The lowest BCUT2D eigenvalue weighted by molar-refractivity contribution is -0.111. The number of primary amides is 1. The molecule has 0 unspecified atom stereocenters. The molecule has 1 heterocycles. The Hall–Kier alpha value is -4.40. The number of benzene rings is 2. The molecule has 9 nitrogen and oxygen atoms in total. The number of carbonyl (C=O) groups is 2. The monoisotopic (exact) mass is 474 g/mol. The molecule has 1 aromatic heterocycles. The first kappa shape index (κ1) is 25.2. The Bertz CT molecular complexity index is 1210. The molecule has 0 saturated carbocycles. The number of carbonyl (C=O) groups excluding carboxylic acids is 2. The van der Waals surface area contributed by atoms with E-state index in [1.54, 1.807) is 24.3 Å². The van der Waals surface area contributed by atoms with Crippen LogP contribution in [0, 0.1) is 0 Å². The van der Waals surface area contributed by atoms with E-state index in [1.165, 1.54) is 6.08 Å². The molecule has 0 atom stereocenters. The molecule has 0 aliphatic carbocycles. The van der Waals surface area contributed by atoms with Crippen molar-refractivity contribution in [2.45, 2.75) is 27.2 Å². The van der Waals surface area contributed by atoms with Crippen molar-refractivity contribution in [2.75, 3.05) is 28.6 Å². The first-order valence-electron chi connectivity index (χ1n) is 11.4. The molecule has 3 aromatic rings. The van der Waals surface area contributed by atoms with Gasteiger partial charge < -0.3 is 26.0 Å². The van der Waals surface area contributed by atoms with Gasteiger partial charge in [-0.3, -0.25) is 9.59 Å². The fraction of sp³-hybridized carbons (Fsp3) is 0.231. The van der Waals surface area contributed by atoms with Crippen LogP contribution in [0.5, 0.6) is 11.6 Å². The molecule has 4 N–H and O–H groups in total. The third-order valence-corrected chi connectivity index (χ3v) is 5.26. The molecule has 0 aliphatic rings. The highest BCUT2D eigenvalue weighted by atomic mass is 16.5. The molecule has 9 heteroatoms. The predicted molar refractivity (Wildman–Crippen MR) is 139 cm³/mol. The number of aryl methyl sites for hydroxylation is 1. The number of hydrogen-bond acceptors (Lipinski definition) is 7. The van der Waals surface area contributed by atoms with Gasteiger partial charge >= 0.3 is 0 Å². The van der Waals surface area contributed by atoms with Gasteiger partial charge in [-0.2, -0.15) is 4.98 Å². The highest BCUT2D eigenvalue weighted by molar-refractivity contribution is 5.99. The third kappa shape index (κ3) is 6.35. The summed E-state index contributed by atoms with van der Waals surface area (Å²) in [6.07, 6.45) is 1.65. The highest BCUT2D eigenvalue weighted by Gasteiger charge is 2.19. The van der Waals surface area contributed by atoms with E-state index >= 15 is 0 Å². The van der Waals surface area contributed by atoms with Gasteiger partial charge in [0, 0.05) is 36.2 Å². The Morgan fingerprint density at radius 3 is 2.37 bits per heavy atom. The van der Waals surface area contributed by atoms with Gasteiger partial charge in [0.1, 0.15) is 11.4 Å². The summed E-state index contributed by atoms with van der Waals surface area (Å²) in [4.78, 5) is 34.9. The second-order valence-corrected chi connectivity index (χ2v) is 7.56. The van der Waals surface area contributed by atoms with E-state index in [-0.39, 0.29) is 23.3 Å². The Labute approximate surface area is 205 Å². The molecule has 0 aliphatic heterocycles. The van der Waals surface area contributed by atoms with Gasteiger partial charge in [0.15, 0.2) is 11.5 Å². The second-order valence-electron chi connectivity index (χ2n) is 7.56. The van der Waals surface area contributed by atoms with Crippen molar-refractivity contribution in [1.82, 2.24) is 9.97 Å². The maximum atomic E-state index is 12.1. The van der Waals surface area contributed by atoms with E-state index in [2.05, 4.69) is 45.9 Å². The fourth-order valence-corrected chi connectivity index (χ4v) is 3.45. The lowest BCUT2D eigenvalue weighted by Gasteiger charge is -2.21. The molecule has 2 amide bonds. The SMILES string of the molecule is C=CC(=O)Nc1cccc(Oc2nc(Nc3ccc(N(CC)CC)cc3)c(C(N)=O)nc2CC)c1. The molecule has 0 bridgehead atoms. The number of amides is 2. The Kier molecular flexibility index (Phi) is 8.39. The molecule has 0 fully saturated rings. The molecular weight excluding hydrogens is 444 g/mol. The van der Waals surface area contributed by atoms with Crippen LogP contribution in [0.15, 0.2) is 61.2 Å². The van der Waals surface area contributed by atoms with Crippen LogP contribution in [-0.4, -0.2) is 34.9 Å². The number of aromatic nitrogens is 2. The molecule has 3 rings (SSSR count). The van der Waals surface area contributed by atoms with E-state index in [9.17, 15) is 9.59 Å². The van der Waals surface area contributed by atoms with Gasteiger partial charge in [0.2, 0.25) is 11.8 Å². The van der Waals surface area contributed by atoms with Crippen LogP contribution in [-0.2, 0) is 11.2 Å². The Balaban J connectivity index is 1.93. The molecule has 35 heavy (non-hydrogen) atoms. The van der Waals surface area contributed by atoms with E-state index in [0.717, 1.165) is 24.5 Å². The van der Waals surface area contributed by atoms with Gasteiger partial charge in [-0.15, -0.1) is 0 Å². The first-order valence-corrected chi connectivity index (χ1v) is 11.4. The predicted octanol–water partition coefficient (Wildman–Crippen LogP) is 4.64. The minimum atomic E-state index is -0.699. The average Bonchev–Trinajstić information content (AvgIpc) is 2.86. The van der Waals surface area contributed by atoms with E-state index < -0.39 is 5.91 Å². The zero-order valence-corrected chi connectivity index (χ0v) is 20.2. The quantitative estimate of drug-likeness (QED) is 0.346. The zero-order valence-electron chi connectivity index (χ0n) is 20.2. The van der Waals surface area contributed by atoms with Gasteiger partial charge in [0.25, 0.3) is 5.91 Å². The van der Waals surface area contributed by atoms with Gasteiger partial charge in [0.05, 0.1) is 0 Å². The third-order valence-electron chi connectivity index (χ3n) is 5.26. The summed E-state index contributed by atoms with van der Waals surface area (Å²) in [5, 5.41) is 5.82. The number of hydrogen-bond donors (Lipinski definition) is 3. The van der Waals surface area contributed by atoms with Crippen molar-refractivity contribution in [3.63, 3.8) is 0 Å². The number of nitrogens with one attached hydrogen (secondary N) is 2. The number of anilines is 4. The molecule has 182 valence electrons. The van der Waals surface area contributed by atoms with Crippen molar-refractivity contribution < 1.29 is 14.3 Å². The van der Waals surface area contributed by atoms with E-state index in [4.69, 9.17) is 10.5 Å². The minimum absolute atomic E-state index is 0.0222. The summed E-state index contributed by atoms with van der Waals surface area (Å²) in [7, 11) is 0. The Morgan fingerprint density at radius 2 is 1.77 bits per heavy atom. The minimum Gasteiger partial charge on any atom is -0.437 e. The summed E-state index contributed by atoms with van der Waals surface area (Å²) in [5.41, 5.74) is 8.45. The second kappa shape index (κ2) is 11.6. The Morgan fingerprint density at radius 1 is 1.06 bits per heavy atom. The average molecular weight is 475 g/mol. The van der Waals surface area contributed by atoms with Gasteiger partial charge in [-0.25, -0.2) is 4.98 Å². The number of rotatable bonds is 11. The number of nitrogens with zero attached hydrogens (tertiary/aromatic N) is 3. The lowest BCUT2D eigenvalue weighted by atomic mass is 10.2. The number of ether oxygens (including phenoxy) is 1. The van der Waals surface area contributed by atoms with Gasteiger partial charge in [-0.05, 0) is 62.7 Å². The first-order chi connectivity index (χ1) is 16.9. The summed E-state index contributed by atoms with van der Waals surface area (Å²) < 4.78 is 6.00. The highest BCUT2D eigenvalue weighted by Crippen LogP contribution is 2.29. The van der Waals surface area contributed by atoms with E-state index in [0.29, 0.717) is 23.6 Å². The van der Waals surface area contributed by atoms with E-state index in [1.807, 2.05) is 31.2 Å². The fourth-order valence-electron chi connectivity index (χ4n) is 3.45. The normalized spacial score (nSPS) is 10.4. The van der Waals surface area contributed by atoms with Crippen LogP contribution in [0.2, 0.25) is 0 Å². The van der Waals surface area contributed by atoms with Crippen LogP contribution in [0.25, 0.3) is 0 Å². The largest absolute Gasteiger partial charge is 0.437 e. The smallest absolute Gasteiger partial charge is 0.271 e. The number of nitrogens with two attached hydrogens (primary N) is 1. The van der Waals surface area contributed by atoms with Crippen molar-refractivity contribution in [2.24, 2.45) is 5.73 Å². The topological polar surface area (TPSA) is 122 Å². The molecule has 0 saturated heterocycles. The zero-order chi connectivity index (χ0) is 25.4. The van der Waals surface area contributed by atoms with Crippen molar-refractivity contribution >= 4 is 34.7 Å². The maximum Gasteiger partial charge on any atom is 0.271 e. The molecular formula is C26H30N6O3. The molecule has 0 radical (unpaired) electrons. The summed E-state index contributed by atoms with van der Waals surface area (Å²) >= 11 is 0. The summed E-state index contributed by atoms with van der Waals surface area (Å²) in [6.45, 7) is 11.3. The summed E-state index contributed by atoms with van der Waals surface area (Å²) in [6, 6.07) is 14.6. The van der Waals surface area contributed by atoms with Crippen molar-refractivity contribution in [3.8, 4) is 11.6 Å². The summed E-state index contributed by atoms with van der Waals surface area (Å²) in [5.74, 6) is -0.170. The van der Waals surface area contributed by atoms with Crippen LogP contribution in [0.1, 0.15) is 37.0 Å². The molecule has 2 aromatic carbocycles. The van der Waals surface area contributed by atoms with Crippen molar-refractivity contribution in [3.05, 3.63) is 72.6 Å². The van der Waals surface area contributed by atoms with Crippen molar-refractivity contribution in [1.29, 1.82) is 0 Å².